The number of rotatable bonds is 8. The van der Waals surface area contributed by atoms with Crippen molar-refractivity contribution in [1.29, 1.82) is 5.41 Å². The highest BCUT2D eigenvalue weighted by molar-refractivity contribution is 5.91. The van der Waals surface area contributed by atoms with Crippen LogP contribution in [-0.4, -0.2) is 93.4 Å². The van der Waals surface area contributed by atoms with E-state index in [-0.39, 0.29) is 35.4 Å². The number of aliphatic hydroxyl groups excluding tert-OH is 1. The zero-order valence-corrected chi connectivity index (χ0v) is 28.7. The van der Waals surface area contributed by atoms with Crippen molar-refractivity contribution in [2.45, 2.75) is 83.1 Å². The minimum atomic E-state index is -2.62. The molecule has 50 heavy (non-hydrogen) atoms. The number of likely N-dealkylation sites (tertiary alicyclic amines) is 1. The number of nitrogens with one attached hydrogen (secondary N) is 2. The average molecular weight is 692 g/mol. The number of carbonyl (C=O) groups excluding carboxylic acids is 1. The highest BCUT2D eigenvalue weighted by Crippen LogP contribution is 2.43. The summed E-state index contributed by atoms with van der Waals surface area (Å²) in [6, 6.07) is 3.81. The first-order chi connectivity index (χ1) is 24.1. The van der Waals surface area contributed by atoms with Gasteiger partial charge in [0.25, 0.3) is 6.43 Å². The summed E-state index contributed by atoms with van der Waals surface area (Å²) >= 11 is 0. The van der Waals surface area contributed by atoms with Crippen LogP contribution in [0.15, 0.2) is 42.4 Å². The Kier molecular flexibility index (Phi) is 9.57. The lowest BCUT2D eigenvalue weighted by Gasteiger charge is -2.42. The second kappa shape index (κ2) is 14.1. The summed E-state index contributed by atoms with van der Waals surface area (Å²) < 4.78 is 37.8. The van der Waals surface area contributed by atoms with Gasteiger partial charge in [-0.2, -0.15) is 5.10 Å². The molecule has 5 aliphatic rings. The number of aryl methyl sites for hydroxylation is 1. The zero-order chi connectivity index (χ0) is 35.1. The molecule has 1 aliphatic carbocycles. The molecule has 1 amide bonds. The number of fused-ring (bicyclic) bond motifs is 2. The van der Waals surface area contributed by atoms with Crippen molar-refractivity contribution in [3.63, 3.8) is 0 Å². The number of amidine groups is 1. The molecular formula is C36H47F2N9O3. The van der Waals surface area contributed by atoms with Crippen LogP contribution < -0.4 is 16.1 Å². The van der Waals surface area contributed by atoms with Crippen molar-refractivity contribution < 1.29 is 23.4 Å². The smallest absolute Gasteiger partial charge is 0.264 e. The van der Waals surface area contributed by atoms with E-state index in [9.17, 15) is 13.6 Å². The molecule has 0 unspecified atom stereocenters. The van der Waals surface area contributed by atoms with Crippen LogP contribution in [0.1, 0.15) is 79.4 Å². The first-order valence-electron chi connectivity index (χ1n) is 17.6. The molecule has 2 fully saturated rings. The molecule has 5 N–H and O–H groups in total. The Labute approximate surface area is 291 Å². The third-order valence-corrected chi connectivity index (χ3v) is 10.7. The summed E-state index contributed by atoms with van der Waals surface area (Å²) in [5, 5.41) is 24.2. The fourth-order valence-corrected chi connectivity index (χ4v) is 7.99. The van der Waals surface area contributed by atoms with Gasteiger partial charge in [0.15, 0.2) is 5.82 Å². The Balaban J connectivity index is 1.10. The van der Waals surface area contributed by atoms with Crippen molar-refractivity contribution in [1.82, 2.24) is 30.0 Å². The minimum Gasteiger partial charge on any atom is -0.513 e. The van der Waals surface area contributed by atoms with E-state index in [4.69, 9.17) is 26.1 Å². The molecule has 1 aromatic carbocycles. The molecule has 1 saturated heterocycles. The summed E-state index contributed by atoms with van der Waals surface area (Å²) in [5.74, 6) is 1.13. The van der Waals surface area contributed by atoms with Gasteiger partial charge in [-0.05, 0) is 79.5 Å². The van der Waals surface area contributed by atoms with Crippen molar-refractivity contribution in [3.8, 4) is 0 Å². The summed E-state index contributed by atoms with van der Waals surface area (Å²) in [4.78, 5) is 18.4. The number of nitrogens with zero attached hydrogens (tertiary/aromatic N) is 6. The van der Waals surface area contributed by atoms with Crippen molar-refractivity contribution in [2.24, 2.45) is 5.73 Å². The Morgan fingerprint density at radius 3 is 2.58 bits per heavy atom. The molecule has 7 rings (SSSR count). The number of aromatic nitrogens is 2. The lowest BCUT2D eigenvalue weighted by molar-refractivity contribution is -0.129. The average Bonchev–Trinajstić information content (AvgIpc) is 3.71. The van der Waals surface area contributed by atoms with Gasteiger partial charge in [0.2, 0.25) is 5.91 Å². The van der Waals surface area contributed by atoms with Gasteiger partial charge in [-0.1, -0.05) is 0 Å². The van der Waals surface area contributed by atoms with Crippen LogP contribution in [0.2, 0.25) is 0 Å². The second-order valence-corrected chi connectivity index (χ2v) is 14.0. The third-order valence-electron chi connectivity index (χ3n) is 10.7. The van der Waals surface area contributed by atoms with E-state index in [2.05, 4.69) is 15.0 Å². The monoisotopic (exact) mass is 691 g/mol. The van der Waals surface area contributed by atoms with Crippen LogP contribution in [0.3, 0.4) is 0 Å². The molecule has 0 spiro atoms. The van der Waals surface area contributed by atoms with E-state index >= 15 is 0 Å². The van der Waals surface area contributed by atoms with E-state index in [1.165, 1.54) is 6.08 Å². The lowest BCUT2D eigenvalue weighted by atomic mass is 9.91. The fourth-order valence-electron chi connectivity index (χ4n) is 7.99. The van der Waals surface area contributed by atoms with Gasteiger partial charge in [-0.15, -0.1) is 0 Å². The van der Waals surface area contributed by atoms with Crippen molar-refractivity contribution in [3.05, 3.63) is 70.4 Å². The molecule has 12 nitrogen and oxygen atoms in total. The van der Waals surface area contributed by atoms with Crippen LogP contribution in [0.5, 0.6) is 0 Å². The van der Waals surface area contributed by atoms with Crippen LogP contribution >= 0.6 is 0 Å². The molecule has 5 heterocycles. The van der Waals surface area contributed by atoms with Crippen LogP contribution in [0, 0.1) is 5.41 Å². The van der Waals surface area contributed by atoms with Gasteiger partial charge in [-0.25, -0.2) is 14.2 Å². The molecule has 268 valence electrons. The van der Waals surface area contributed by atoms with Crippen molar-refractivity contribution in [2.75, 3.05) is 44.7 Å². The Hall–Kier alpha value is -4.43. The number of nitrogens with two attached hydrogens (primary N) is 1. The Morgan fingerprint density at radius 1 is 1.12 bits per heavy atom. The maximum Gasteiger partial charge on any atom is 0.264 e. The standard InChI is InChI=1S/C36H47F2N9O3/c1-22(49)44-13-11-32-31(20-44)36(46-12-3-4-23-14-29(24-16-41-43(2)17-24)30(35(37)38)15-33(23)46)42-47(32)26-6-8-27(9-7-26)50-28-18-45(19-28)34(40)10-5-25(39)21-48/h5,10,14-15,17,21,26-28,35,40-41,48H,3-4,6-9,11-13,16,18-20,39H2,1-2H3/b10-5-,25-21+,40-34?. The predicted molar refractivity (Wildman–Crippen MR) is 187 cm³/mol. The summed E-state index contributed by atoms with van der Waals surface area (Å²) in [7, 11) is 1.87. The van der Waals surface area contributed by atoms with E-state index < -0.39 is 6.43 Å². The summed E-state index contributed by atoms with van der Waals surface area (Å²) in [5.41, 5.74) is 14.4. The highest BCUT2D eigenvalue weighted by Gasteiger charge is 2.37. The summed E-state index contributed by atoms with van der Waals surface area (Å²) in [6.07, 6.45) is 9.32. The fraction of sp³-hybridized carbons (Fsp3) is 0.528. The Bertz CT molecular complexity index is 1720. The minimum absolute atomic E-state index is 0.0194. The molecule has 1 aromatic heterocycles. The normalized spacial score (nSPS) is 23.0. The summed E-state index contributed by atoms with van der Waals surface area (Å²) in [6.45, 7) is 5.15. The largest absolute Gasteiger partial charge is 0.513 e. The predicted octanol–water partition coefficient (Wildman–Crippen LogP) is 4.68. The third kappa shape index (κ3) is 6.70. The van der Waals surface area contributed by atoms with E-state index in [1.807, 2.05) is 29.1 Å². The number of allylic oxidation sites excluding steroid dienone is 1. The maximum absolute atomic E-state index is 14.6. The van der Waals surface area contributed by atoms with Gasteiger partial charge < -0.3 is 35.3 Å². The molecular weight excluding hydrogens is 644 g/mol. The van der Waals surface area contributed by atoms with Gasteiger partial charge >= 0.3 is 0 Å². The maximum atomic E-state index is 14.6. The molecule has 0 bridgehead atoms. The van der Waals surface area contributed by atoms with Crippen LogP contribution in [0.25, 0.3) is 5.57 Å². The number of carbonyl (C=O) groups is 1. The van der Waals surface area contributed by atoms with Crippen LogP contribution in [0.4, 0.5) is 20.3 Å². The van der Waals surface area contributed by atoms with E-state index in [1.54, 1.807) is 24.1 Å². The number of halogens is 2. The molecule has 14 heteroatoms. The van der Waals surface area contributed by atoms with Gasteiger partial charge in [0.1, 0.15) is 12.1 Å². The topological polar surface area (TPSA) is 139 Å². The molecule has 0 radical (unpaired) electrons. The number of alkyl halides is 2. The molecule has 2 aromatic rings. The number of benzene rings is 1. The first kappa shape index (κ1) is 34.0. The molecule has 1 saturated carbocycles. The quantitative estimate of drug-likeness (QED) is 0.135. The van der Waals surface area contributed by atoms with Gasteiger partial charge in [0, 0.05) is 81.8 Å². The molecule has 0 atom stereocenters. The highest BCUT2D eigenvalue weighted by atomic mass is 19.3. The Morgan fingerprint density at radius 2 is 1.90 bits per heavy atom. The lowest BCUT2D eigenvalue weighted by Crippen LogP contribution is -2.55. The van der Waals surface area contributed by atoms with Gasteiger partial charge in [-0.3, -0.25) is 14.9 Å². The number of hydrogen-bond acceptors (Lipinski definition) is 9. The number of hydrazine groups is 1. The van der Waals surface area contributed by atoms with E-state index in [0.717, 1.165) is 78.7 Å². The number of amides is 1. The number of anilines is 2. The second-order valence-electron chi connectivity index (χ2n) is 14.0. The van der Waals surface area contributed by atoms with E-state index in [0.29, 0.717) is 57.1 Å². The van der Waals surface area contributed by atoms with Crippen LogP contribution in [-0.2, 0) is 28.9 Å². The molecule has 4 aliphatic heterocycles. The first-order valence-corrected chi connectivity index (χ1v) is 17.6. The number of aliphatic hydroxyl groups is 1. The number of ether oxygens (including phenoxy) is 1. The zero-order valence-electron chi connectivity index (χ0n) is 28.7. The van der Waals surface area contributed by atoms with Crippen molar-refractivity contribution >= 4 is 28.8 Å². The SMILES string of the molecule is CC(=O)N1CCc2c(c(N3CCCc4cc(C5=CN(C)NC5)c(C(F)F)cc43)nn2C2CCC(OC3CN(C(=N)/C=C\C(N)=C/O)C3)CC2)C1. The number of hydrogen-bond donors (Lipinski definition) is 4. The van der Waals surface area contributed by atoms with Gasteiger partial charge in [0.05, 0.1) is 30.5 Å².